The molecule has 10 heteroatoms. The minimum absolute atomic E-state index is 0.237. The molecule has 0 aliphatic carbocycles. The van der Waals surface area contributed by atoms with Gasteiger partial charge in [-0.25, -0.2) is 19.7 Å². The van der Waals surface area contributed by atoms with Gasteiger partial charge in [0.05, 0.1) is 39.3 Å². The van der Waals surface area contributed by atoms with Crippen molar-refractivity contribution in [1.82, 2.24) is 15.0 Å². The third kappa shape index (κ3) is 4.21. The average molecular weight is 497 g/mol. The molecule has 0 aliphatic heterocycles. The van der Waals surface area contributed by atoms with Crippen molar-refractivity contribution >= 4 is 49.6 Å². The maximum Gasteiger partial charge on any atom is 0.338 e. The summed E-state index contributed by atoms with van der Waals surface area (Å²) in [6, 6.07) is 19.4. The van der Waals surface area contributed by atoms with Gasteiger partial charge in [-0.2, -0.15) is 0 Å². The Morgan fingerprint density at radius 1 is 0.806 bits per heavy atom. The molecular weight excluding hydrogens is 480 g/mol. The van der Waals surface area contributed by atoms with Crippen molar-refractivity contribution in [3.63, 3.8) is 0 Å². The summed E-state index contributed by atoms with van der Waals surface area (Å²) >= 11 is 1.34. The molecule has 0 aliphatic rings. The molecule has 9 nitrogen and oxygen atoms in total. The number of hydrogen-bond acceptors (Lipinski definition) is 9. The van der Waals surface area contributed by atoms with Gasteiger partial charge in [-0.15, -0.1) is 0 Å². The van der Waals surface area contributed by atoms with E-state index in [0.717, 1.165) is 10.2 Å². The van der Waals surface area contributed by atoms with E-state index in [4.69, 9.17) is 13.6 Å². The highest BCUT2D eigenvalue weighted by Gasteiger charge is 2.19. The molecule has 0 saturated heterocycles. The summed E-state index contributed by atoms with van der Waals surface area (Å²) in [4.78, 5) is 38.7. The molecule has 2 aromatic carbocycles. The van der Waals surface area contributed by atoms with Crippen molar-refractivity contribution in [2.24, 2.45) is 0 Å². The van der Waals surface area contributed by atoms with Crippen LogP contribution in [-0.4, -0.2) is 33.4 Å². The molecule has 4 aromatic heterocycles. The topological polar surface area (TPSA) is 120 Å². The number of benzene rings is 2. The molecule has 0 unspecified atom stereocenters. The van der Waals surface area contributed by atoms with Crippen LogP contribution in [0.2, 0.25) is 0 Å². The van der Waals surface area contributed by atoms with E-state index in [1.807, 2.05) is 24.3 Å². The number of anilines is 1. The Morgan fingerprint density at radius 3 is 2.22 bits per heavy atom. The van der Waals surface area contributed by atoms with Crippen molar-refractivity contribution in [2.45, 2.75) is 0 Å². The number of carbonyl (C=O) groups is 2. The van der Waals surface area contributed by atoms with Crippen LogP contribution in [0.25, 0.3) is 44.2 Å². The lowest BCUT2D eigenvalue weighted by molar-refractivity contribution is -0.119. The fraction of sp³-hybridized carbons (Fsp3) is 0.0385. The quantitative estimate of drug-likeness (QED) is 0.298. The molecule has 0 fully saturated rings. The van der Waals surface area contributed by atoms with E-state index in [1.165, 1.54) is 11.3 Å². The van der Waals surface area contributed by atoms with E-state index in [-0.39, 0.29) is 5.56 Å². The van der Waals surface area contributed by atoms with Crippen LogP contribution in [0, 0.1) is 0 Å². The number of aromatic nitrogens is 3. The van der Waals surface area contributed by atoms with Crippen LogP contribution in [0.4, 0.5) is 5.13 Å². The van der Waals surface area contributed by atoms with Gasteiger partial charge >= 0.3 is 5.97 Å². The number of rotatable bonds is 6. The molecule has 0 spiro atoms. The van der Waals surface area contributed by atoms with Gasteiger partial charge in [0, 0.05) is 0 Å². The van der Waals surface area contributed by atoms with Gasteiger partial charge in [0.25, 0.3) is 5.91 Å². The molecule has 1 N–H and O–H groups in total. The van der Waals surface area contributed by atoms with Crippen LogP contribution in [0.1, 0.15) is 10.4 Å². The van der Waals surface area contributed by atoms with Crippen molar-refractivity contribution in [2.75, 3.05) is 11.9 Å². The van der Waals surface area contributed by atoms with E-state index >= 15 is 0 Å². The normalized spacial score (nSPS) is 11.1. The Balaban J connectivity index is 1.21. The number of esters is 1. The number of nitrogens with zero attached hydrogens (tertiary/aromatic N) is 3. The molecule has 0 atom stereocenters. The van der Waals surface area contributed by atoms with Gasteiger partial charge in [0.2, 0.25) is 0 Å². The lowest BCUT2D eigenvalue weighted by Crippen LogP contribution is -2.20. The lowest BCUT2D eigenvalue weighted by Gasteiger charge is -2.08. The first-order chi connectivity index (χ1) is 17.6. The molecule has 6 aromatic rings. The Kier molecular flexibility index (Phi) is 5.47. The third-order valence-corrected chi connectivity index (χ3v) is 6.24. The van der Waals surface area contributed by atoms with Crippen LogP contribution in [0.5, 0.6) is 0 Å². The molecule has 6 rings (SSSR count). The van der Waals surface area contributed by atoms with Gasteiger partial charge in [0.15, 0.2) is 23.3 Å². The van der Waals surface area contributed by atoms with E-state index in [0.29, 0.717) is 39.1 Å². The fourth-order valence-electron chi connectivity index (χ4n) is 3.65. The summed E-state index contributed by atoms with van der Waals surface area (Å²) in [6.07, 6.45) is 3.10. The maximum absolute atomic E-state index is 12.7. The van der Waals surface area contributed by atoms with Gasteiger partial charge in [-0.05, 0) is 54.6 Å². The van der Waals surface area contributed by atoms with Gasteiger partial charge in [-0.1, -0.05) is 23.5 Å². The summed E-state index contributed by atoms with van der Waals surface area (Å²) in [5.41, 5.74) is 3.04. The Bertz CT molecular complexity index is 1670. The summed E-state index contributed by atoms with van der Waals surface area (Å²) < 4.78 is 17.2. The van der Waals surface area contributed by atoms with Crippen LogP contribution < -0.4 is 5.32 Å². The predicted molar refractivity (Wildman–Crippen MR) is 133 cm³/mol. The van der Waals surface area contributed by atoms with Crippen molar-refractivity contribution in [3.8, 4) is 22.9 Å². The minimum atomic E-state index is -0.659. The number of para-hydroxylation sites is 1. The standard InChI is InChI=1S/C26H16N4O5S/c31-22(30-26-29-17-5-1-2-8-21(17)36-26)14-35-25(32)15-9-10-16-18(13-15)28-24(20-7-4-12-34-20)23(27-16)19-6-3-11-33-19/h1-13H,14H2,(H,29,30,31). The third-order valence-electron chi connectivity index (χ3n) is 5.28. The number of hydrogen-bond donors (Lipinski definition) is 1. The molecule has 4 heterocycles. The highest BCUT2D eigenvalue weighted by Crippen LogP contribution is 2.32. The zero-order valence-corrected chi connectivity index (χ0v) is 19.3. The zero-order valence-electron chi connectivity index (χ0n) is 18.5. The summed E-state index contributed by atoms with van der Waals surface area (Å²) in [7, 11) is 0. The van der Waals surface area contributed by atoms with Crippen molar-refractivity contribution in [3.05, 3.63) is 84.8 Å². The number of fused-ring (bicyclic) bond motifs is 2. The lowest BCUT2D eigenvalue weighted by atomic mass is 10.1. The first-order valence-electron chi connectivity index (χ1n) is 10.9. The highest BCUT2D eigenvalue weighted by molar-refractivity contribution is 7.22. The second kappa shape index (κ2) is 9.08. The number of carbonyl (C=O) groups excluding carboxylic acids is 2. The summed E-state index contributed by atoms with van der Waals surface area (Å²) in [6.45, 7) is -0.451. The second-order valence-electron chi connectivity index (χ2n) is 7.69. The zero-order chi connectivity index (χ0) is 24.5. The highest BCUT2D eigenvalue weighted by atomic mass is 32.1. The smallest absolute Gasteiger partial charge is 0.338 e. The Hall–Kier alpha value is -4.83. The summed E-state index contributed by atoms with van der Waals surface area (Å²) in [5, 5.41) is 3.10. The number of amides is 1. The van der Waals surface area contributed by atoms with Crippen LogP contribution in [0.15, 0.2) is 88.1 Å². The van der Waals surface area contributed by atoms with Crippen LogP contribution in [-0.2, 0) is 9.53 Å². The average Bonchev–Trinajstić information content (AvgIpc) is 3.67. The van der Waals surface area contributed by atoms with Crippen LogP contribution in [0.3, 0.4) is 0 Å². The molecule has 0 radical (unpaired) electrons. The number of nitrogens with one attached hydrogen (secondary N) is 1. The molecule has 1 amide bonds. The molecular formula is C26H16N4O5S. The minimum Gasteiger partial charge on any atom is -0.463 e. The van der Waals surface area contributed by atoms with Crippen LogP contribution >= 0.6 is 11.3 Å². The van der Waals surface area contributed by atoms with Gasteiger partial charge in [0.1, 0.15) is 11.4 Å². The predicted octanol–water partition coefficient (Wildman–Crippen LogP) is 5.56. The van der Waals surface area contributed by atoms with E-state index < -0.39 is 18.5 Å². The SMILES string of the molecule is O=C(COC(=O)c1ccc2nc(-c3ccco3)c(-c3ccco3)nc2c1)Nc1nc2ccccc2s1. The summed E-state index contributed by atoms with van der Waals surface area (Å²) in [5.74, 6) is -0.0901. The Labute approximate surface area is 207 Å². The number of ether oxygens (including phenoxy) is 1. The number of thiazole rings is 1. The second-order valence-corrected chi connectivity index (χ2v) is 8.72. The van der Waals surface area contributed by atoms with Crippen molar-refractivity contribution < 1.29 is 23.2 Å². The van der Waals surface area contributed by atoms with E-state index in [9.17, 15) is 9.59 Å². The molecule has 36 heavy (non-hydrogen) atoms. The van der Waals surface area contributed by atoms with Gasteiger partial charge in [-0.3, -0.25) is 10.1 Å². The Morgan fingerprint density at radius 2 is 1.53 bits per heavy atom. The largest absolute Gasteiger partial charge is 0.463 e. The molecule has 0 saturated carbocycles. The number of furan rings is 2. The fourth-order valence-corrected chi connectivity index (χ4v) is 4.53. The van der Waals surface area contributed by atoms with E-state index in [2.05, 4.69) is 20.3 Å². The maximum atomic E-state index is 12.7. The molecule has 0 bridgehead atoms. The first-order valence-corrected chi connectivity index (χ1v) is 11.7. The van der Waals surface area contributed by atoms with Gasteiger partial charge < -0.3 is 13.6 Å². The molecule has 176 valence electrons. The van der Waals surface area contributed by atoms with E-state index in [1.54, 1.807) is 55.0 Å². The van der Waals surface area contributed by atoms with Crippen molar-refractivity contribution in [1.29, 1.82) is 0 Å². The first kappa shape index (κ1) is 21.7. The monoisotopic (exact) mass is 496 g/mol.